The Morgan fingerprint density at radius 1 is 1.26 bits per heavy atom. The highest BCUT2D eigenvalue weighted by Gasteiger charge is 2.30. The molecule has 3 aliphatic rings. The van der Waals surface area contributed by atoms with Crippen LogP contribution in [0.3, 0.4) is 0 Å². The number of anilines is 1. The second kappa shape index (κ2) is 14.2. The highest BCUT2D eigenvalue weighted by molar-refractivity contribution is 6.12. The Kier molecular flexibility index (Phi) is 11.0. The number of allylic oxidation sites excluding steroid dienone is 1. The van der Waals surface area contributed by atoms with Crippen molar-refractivity contribution in [3.63, 3.8) is 0 Å². The number of aryl methyl sites for hydroxylation is 1. The summed E-state index contributed by atoms with van der Waals surface area (Å²) in [5.41, 5.74) is 10.3. The number of fused-ring (bicyclic) bond motifs is 1. The minimum Gasteiger partial charge on any atom is -0.404 e. The molecule has 0 aliphatic carbocycles. The zero-order valence-corrected chi connectivity index (χ0v) is 22.7. The molecule has 5 N–H and O–H groups in total. The van der Waals surface area contributed by atoms with Gasteiger partial charge in [-0.2, -0.15) is 0 Å². The zero-order chi connectivity index (χ0) is 27.7. The lowest BCUT2D eigenvalue weighted by Gasteiger charge is -2.38. The number of rotatable bonds is 6. The lowest BCUT2D eigenvalue weighted by Crippen LogP contribution is -2.45. The summed E-state index contributed by atoms with van der Waals surface area (Å²) in [6, 6.07) is 3.77. The van der Waals surface area contributed by atoms with Crippen LogP contribution in [0.15, 0.2) is 34.6 Å². The molecular formula is C28H41F2N7O. The van der Waals surface area contributed by atoms with Crippen LogP contribution in [-0.2, 0) is 11.2 Å². The average molecular weight is 530 g/mol. The number of carbonyl (C=O) groups is 1. The Labute approximate surface area is 224 Å². The highest BCUT2D eigenvalue weighted by Crippen LogP contribution is 2.37. The van der Waals surface area contributed by atoms with E-state index in [0.717, 1.165) is 74.9 Å². The van der Waals surface area contributed by atoms with Gasteiger partial charge >= 0.3 is 0 Å². The summed E-state index contributed by atoms with van der Waals surface area (Å²) in [5, 5.41) is 16.3. The van der Waals surface area contributed by atoms with E-state index in [1.54, 1.807) is 13.1 Å². The maximum atomic E-state index is 14.2. The molecule has 1 aromatic rings. The number of likely N-dealkylation sites (N-methyl/N-ethyl adjacent to an activating group) is 1. The molecule has 1 saturated heterocycles. The number of benzene rings is 1. The number of halogens is 2. The summed E-state index contributed by atoms with van der Waals surface area (Å²) >= 11 is 0. The van der Waals surface area contributed by atoms with Crippen molar-refractivity contribution in [1.29, 1.82) is 5.41 Å². The average Bonchev–Trinajstić information content (AvgIpc) is 2.92. The van der Waals surface area contributed by atoms with Crippen LogP contribution in [0.25, 0.3) is 5.57 Å². The predicted octanol–water partition coefficient (Wildman–Crippen LogP) is 3.49. The summed E-state index contributed by atoms with van der Waals surface area (Å²) in [6.45, 7) is 5.69. The third-order valence-electron chi connectivity index (χ3n) is 7.17. The fourth-order valence-electron chi connectivity index (χ4n) is 5.30. The van der Waals surface area contributed by atoms with E-state index >= 15 is 0 Å². The van der Waals surface area contributed by atoms with Crippen molar-refractivity contribution in [2.24, 2.45) is 10.7 Å². The molecule has 10 heteroatoms. The van der Waals surface area contributed by atoms with Crippen LogP contribution in [0.5, 0.6) is 0 Å². The Balaban J connectivity index is 0.00000127. The molecular weight excluding hydrogens is 488 g/mol. The molecule has 208 valence electrons. The van der Waals surface area contributed by atoms with Crippen LogP contribution in [-0.4, -0.2) is 76.1 Å². The summed E-state index contributed by atoms with van der Waals surface area (Å²) < 4.78 is 28.4. The number of alkyl halides is 2. The topological polar surface area (TPSA) is 110 Å². The van der Waals surface area contributed by atoms with Crippen LogP contribution < -0.4 is 21.3 Å². The van der Waals surface area contributed by atoms with Gasteiger partial charge in [-0.05, 0) is 76.0 Å². The molecule has 38 heavy (non-hydrogen) atoms. The molecule has 1 fully saturated rings. The Morgan fingerprint density at radius 2 is 1.97 bits per heavy atom. The number of carbonyl (C=O) groups excluding carboxylic acids is 1. The summed E-state index contributed by atoms with van der Waals surface area (Å²) in [7, 11) is 3.66. The van der Waals surface area contributed by atoms with Gasteiger partial charge in [0.05, 0.1) is 0 Å². The third kappa shape index (κ3) is 7.05. The van der Waals surface area contributed by atoms with Gasteiger partial charge in [-0.1, -0.05) is 0 Å². The molecule has 0 aromatic heterocycles. The van der Waals surface area contributed by atoms with Gasteiger partial charge in [-0.25, -0.2) is 8.78 Å². The van der Waals surface area contributed by atoms with E-state index < -0.39 is 6.43 Å². The van der Waals surface area contributed by atoms with E-state index in [4.69, 9.17) is 10.5 Å². The monoisotopic (exact) mass is 529 g/mol. The molecule has 0 radical (unpaired) electrons. The lowest BCUT2D eigenvalue weighted by atomic mass is 9.91. The number of nitrogens with two attached hydrogens (primary N) is 1. The van der Waals surface area contributed by atoms with Crippen molar-refractivity contribution in [2.45, 2.75) is 51.5 Å². The van der Waals surface area contributed by atoms with Gasteiger partial charge in [0.1, 0.15) is 12.1 Å². The number of aldehydes is 1. The standard InChI is InChI=1S/C26H37F2N7.C2H4O/c1-31-15-18(14-29)20-12-17-4-3-10-35(24(17)13-21(20)25(27)28)26(30)22-16-34(2)11-7-23(22)33-19-5-8-32-9-6-19;1-2-3/h12-15,19,25,30,32-33H,3-11,16,29H2,1-2H3;2H,1H3/b18-14+,30-26?,31-15?;. The first-order valence-corrected chi connectivity index (χ1v) is 13.3. The largest absolute Gasteiger partial charge is 0.404 e. The maximum Gasteiger partial charge on any atom is 0.264 e. The number of aliphatic imine (C=N–C) groups is 1. The van der Waals surface area contributed by atoms with Crippen molar-refractivity contribution in [3.05, 3.63) is 46.3 Å². The number of nitrogens with zero attached hydrogens (tertiary/aromatic N) is 3. The Bertz CT molecular complexity index is 1080. The van der Waals surface area contributed by atoms with Gasteiger partial charge in [0.15, 0.2) is 0 Å². The van der Waals surface area contributed by atoms with Crippen molar-refractivity contribution < 1.29 is 13.6 Å². The molecule has 0 amide bonds. The molecule has 0 spiro atoms. The number of amidine groups is 1. The number of piperidine rings is 1. The third-order valence-corrected chi connectivity index (χ3v) is 7.17. The van der Waals surface area contributed by atoms with Crippen molar-refractivity contribution in [2.75, 3.05) is 51.7 Å². The minimum absolute atomic E-state index is 0.0807. The van der Waals surface area contributed by atoms with Crippen LogP contribution in [0.2, 0.25) is 0 Å². The second-order valence-corrected chi connectivity index (χ2v) is 9.83. The molecule has 1 aromatic carbocycles. The summed E-state index contributed by atoms with van der Waals surface area (Å²) in [5.74, 6) is 0.409. The lowest BCUT2D eigenvalue weighted by molar-refractivity contribution is -0.106. The van der Waals surface area contributed by atoms with E-state index in [1.165, 1.54) is 19.3 Å². The van der Waals surface area contributed by atoms with Gasteiger partial charge in [0.2, 0.25) is 0 Å². The van der Waals surface area contributed by atoms with Crippen LogP contribution in [0.4, 0.5) is 14.5 Å². The zero-order valence-electron chi connectivity index (χ0n) is 22.7. The molecule has 4 rings (SSSR count). The smallest absolute Gasteiger partial charge is 0.264 e. The van der Waals surface area contributed by atoms with Gasteiger partial charge in [0, 0.05) is 79.7 Å². The van der Waals surface area contributed by atoms with Crippen molar-refractivity contribution >= 4 is 29.6 Å². The number of hydrogen-bond acceptors (Lipinski definition) is 7. The van der Waals surface area contributed by atoms with E-state index in [1.807, 2.05) is 11.0 Å². The molecule has 8 nitrogen and oxygen atoms in total. The van der Waals surface area contributed by atoms with Gasteiger partial charge in [-0.15, -0.1) is 0 Å². The second-order valence-electron chi connectivity index (χ2n) is 9.83. The van der Waals surface area contributed by atoms with E-state index in [9.17, 15) is 14.2 Å². The van der Waals surface area contributed by atoms with Crippen LogP contribution in [0, 0.1) is 5.41 Å². The molecule has 3 aliphatic heterocycles. The van der Waals surface area contributed by atoms with E-state index in [0.29, 0.717) is 41.8 Å². The van der Waals surface area contributed by atoms with Gasteiger partial charge in [-0.3, -0.25) is 10.4 Å². The van der Waals surface area contributed by atoms with Crippen LogP contribution >= 0.6 is 0 Å². The van der Waals surface area contributed by atoms with Crippen molar-refractivity contribution in [3.8, 4) is 0 Å². The molecule has 0 bridgehead atoms. The molecule has 3 heterocycles. The number of nitrogens with one attached hydrogen (secondary N) is 3. The quantitative estimate of drug-likeness (QED) is 0.255. The fourth-order valence-corrected chi connectivity index (χ4v) is 5.30. The number of hydrogen-bond donors (Lipinski definition) is 4. The Hall–Kier alpha value is -3.11. The highest BCUT2D eigenvalue weighted by atomic mass is 19.3. The fraction of sp³-hybridized carbons (Fsp3) is 0.536. The van der Waals surface area contributed by atoms with Gasteiger partial charge < -0.3 is 31.0 Å². The predicted molar refractivity (Wildman–Crippen MR) is 151 cm³/mol. The summed E-state index contributed by atoms with van der Waals surface area (Å²) in [4.78, 5) is 16.9. The first kappa shape index (κ1) is 29.4. The van der Waals surface area contributed by atoms with E-state index in [-0.39, 0.29) is 5.56 Å². The Morgan fingerprint density at radius 3 is 2.61 bits per heavy atom. The molecule has 0 unspecified atom stereocenters. The summed E-state index contributed by atoms with van der Waals surface area (Å²) in [6.07, 6.45) is 5.53. The van der Waals surface area contributed by atoms with Crippen molar-refractivity contribution in [1.82, 2.24) is 15.5 Å². The van der Waals surface area contributed by atoms with Crippen LogP contribution in [0.1, 0.15) is 55.7 Å². The SMILES string of the molecule is CC=O.CN=C/C(=C\N)c1cc2c(cc1C(F)F)N(C(=N)C1=C(NC3CCNCC3)CCN(C)C1)CCC2. The first-order chi connectivity index (χ1) is 18.3. The maximum absolute atomic E-state index is 14.2. The van der Waals surface area contributed by atoms with Gasteiger partial charge in [0.25, 0.3) is 6.43 Å². The molecule has 0 saturated carbocycles. The normalized spacial score (nSPS) is 19.3. The van der Waals surface area contributed by atoms with E-state index in [2.05, 4.69) is 27.6 Å². The molecule has 0 atom stereocenters. The minimum atomic E-state index is -2.66. The first-order valence-electron chi connectivity index (χ1n) is 13.3.